The standard InChI is InChI=1S/C22H27BrN4O3/c1-21(2,3)30-20(29)26(4)19-24-8-9-27(19)12-14-10-15-17(16(23)11-14)22(6-5-7-22)13-25-18(15)28/h8-11H,5-7,12-13H2,1-4H3,(H,25,28). The van der Waals surface area contributed by atoms with E-state index in [2.05, 4.69) is 32.3 Å². The second-order valence-corrected chi connectivity index (χ2v) is 10.1. The molecule has 1 spiro atoms. The van der Waals surface area contributed by atoms with Gasteiger partial charge in [-0.25, -0.2) is 9.78 Å². The molecule has 7 nitrogen and oxygen atoms in total. The molecule has 1 aromatic heterocycles. The summed E-state index contributed by atoms with van der Waals surface area (Å²) in [6.45, 7) is 6.68. The Bertz CT molecular complexity index is 1000. The van der Waals surface area contributed by atoms with Crippen LogP contribution in [-0.2, 0) is 16.7 Å². The second kappa shape index (κ2) is 7.41. The Kier molecular flexibility index (Phi) is 5.16. The number of imidazole rings is 1. The maximum atomic E-state index is 12.6. The molecule has 30 heavy (non-hydrogen) atoms. The highest BCUT2D eigenvalue weighted by Crippen LogP contribution is 2.49. The SMILES string of the molecule is CN(C(=O)OC(C)(C)C)c1nccn1Cc1cc(Br)c2c(c1)C(=O)NCC21CCC1. The number of fused-ring (bicyclic) bond motifs is 2. The van der Waals surface area contributed by atoms with Gasteiger partial charge in [0.1, 0.15) is 5.60 Å². The lowest BCUT2D eigenvalue weighted by Crippen LogP contribution is -2.51. The fourth-order valence-corrected chi connectivity index (χ4v) is 5.20. The first kappa shape index (κ1) is 20.9. The molecule has 0 unspecified atom stereocenters. The number of amides is 2. The summed E-state index contributed by atoms with van der Waals surface area (Å²) in [6.07, 6.45) is 6.40. The van der Waals surface area contributed by atoms with Crippen molar-refractivity contribution < 1.29 is 14.3 Å². The summed E-state index contributed by atoms with van der Waals surface area (Å²) in [7, 11) is 1.64. The fourth-order valence-electron chi connectivity index (χ4n) is 4.27. The van der Waals surface area contributed by atoms with E-state index in [1.807, 2.05) is 37.6 Å². The second-order valence-electron chi connectivity index (χ2n) is 9.21. The molecule has 0 saturated heterocycles. The van der Waals surface area contributed by atoms with Gasteiger partial charge in [0, 0.05) is 41.4 Å². The number of aromatic nitrogens is 2. The third-order valence-electron chi connectivity index (χ3n) is 5.84. The van der Waals surface area contributed by atoms with Crippen LogP contribution >= 0.6 is 15.9 Å². The van der Waals surface area contributed by atoms with Crippen molar-refractivity contribution in [2.45, 2.75) is 57.6 Å². The van der Waals surface area contributed by atoms with Gasteiger partial charge in [-0.1, -0.05) is 22.4 Å². The van der Waals surface area contributed by atoms with Crippen LogP contribution in [0.25, 0.3) is 0 Å². The zero-order valence-corrected chi connectivity index (χ0v) is 19.4. The molecule has 1 N–H and O–H groups in total. The zero-order valence-electron chi connectivity index (χ0n) is 17.8. The quantitative estimate of drug-likeness (QED) is 0.721. The Morgan fingerprint density at radius 1 is 1.37 bits per heavy atom. The average Bonchev–Trinajstić information content (AvgIpc) is 3.07. The number of carbonyl (C=O) groups excluding carboxylic acids is 2. The molecule has 2 aromatic rings. The van der Waals surface area contributed by atoms with Gasteiger partial charge in [0.25, 0.3) is 5.91 Å². The summed E-state index contributed by atoms with van der Waals surface area (Å²) in [5.74, 6) is 0.458. The Hall–Kier alpha value is -2.35. The Labute approximate surface area is 184 Å². The monoisotopic (exact) mass is 474 g/mol. The minimum absolute atomic E-state index is 0.0261. The van der Waals surface area contributed by atoms with E-state index in [9.17, 15) is 9.59 Å². The van der Waals surface area contributed by atoms with Crippen LogP contribution < -0.4 is 10.2 Å². The van der Waals surface area contributed by atoms with Gasteiger partial charge in [-0.3, -0.25) is 9.69 Å². The fraction of sp³-hybridized carbons (Fsp3) is 0.500. The number of halogens is 1. The summed E-state index contributed by atoms with van der Waals surface area (Å²) in [6, 6.07) is 4.04. The van der Waals surface area contributed by atoms with Gasteiger partial charge in [0.05, 0.1) is 6.54 Å². The van der Waals surface area contributed by atoms with Crippen molar-refractivity contribution >= 4 is 33.9 Å². The van der Waals surface area contributed by atoms with E-state index in [-0.39, 0.29) is 11.3 Å². The van der Waals surface area contributed by atoms with Gasteiger partial charge in [-0.2, -0.15) is 0 Å². The molecular weight excluding hydrogens is 448 g/mol. The van der Waals surface area contributed by atoms with E-state index in [1.165, 1.54) is 11.3 Å². The molecule has 2 aliphatic rings. The first-order chi connectivity index (χ1) is 14.1. The number of benzene rings is 1. The first-order valence-electron chi connectivity index (χ1n) is 10.2. The van der Waals surface area contributed by atoms with Crippen LogP contribution in [0.5, 0.6) is 0 Å². The summed E-state index contributed by atoms with van der Waals surface area (Å²) in [4.78, 5) is 30.8. The van der Waals surface area contributed by atoms with E-state index in [1.54, 1.807) is 13.2 Å². The highest BCUT2D eigenvalue weighted by molar-refractivity contribution is 9.10. The summed E-state index contributed by atoms with van der Waals surface area (Å²) in [5, 5.41) is 3.06. The molecule has 2 amide bonds. The smallest absolute Gasteiger partial charge is 0.416 e. The van der Waals surface area contributed by atoms with E-state index in [0.29, 0.717) is 19.0 Å². The van der Waals surface area contributed by atoms with Gasteiger partial charge in [0.2, 0.25) is 5.95 Å². The summed E-state index contributed by atoms with van der Waals surface area (Å²) in [5.41, 5.74) is 2.32. The van der Waals surface area contributed by atoms with Crippen LogP contribution in [0.4, 0.5) is 10.7 Å². The minimum Gasteiger partial charge on any atom is -0.443 e. The van der Waals surface area contributed by atoms with Crippen molar-refractivity contribution in [3.05, 3.63) is 45.7 Å². The van der Waals surface area contributed by atoms with Crippen LogP contribution in [-0.4, -0.2) is 40.7 Å². The lowest BCUT2D eigenvalue weighted by Gasteiger charge is -2.46. The number of ether oxygens (including phenoxy) is 1. The van der Waals surface area contributed by atoms with Gasteiger partial charge >= 0.3 is 6.09 Å². The van der Waals surface area contributed by atoms with E-state index in [0.717, 1.165) is 34.0 Å². The third-order valence-corrected chi connectivity index (χ3v) is 6.46. The van der Waals surface area contributed by atoms with Crippen molar-refractivity contribution in [2.24, 2.45) is 0 Å². The molecule has 8 heteroatoms. The van der Waals surface area contributed by atoms with Crippen LogP contribution in [0.15, 0.2) is 29.0 Å². The van der Waals surface area contributed by atoms with Gasteiger partial charge in [-0.05, 0) is 56.9 Å². The van der Waals surface area contributed by atoms with Crippen molar-refractivity contribution in [2.75, 3.05) is 18.5 Å². The van der Waals surface area contributed by atoms with E-state index in [4.69, 9.17) is 4.74 Å². The molecule has 1 aliphatic heterocycles. The van der Waals surface area contributed by atoms with E-state index >= 15 is 0 Å². The summed E-state index contributed by atoms with van der Waals surface area (Å²) < 4.78 is 8.30. The maximum absolute atomic E-state index is 12.6. The Balaban J connectivity index is 1.62. The molecule has 4 rings (SSSR count). The zero-order chi connectivity index (χ0) is 21.7. The number of hydrogen-bond acceptors (Lipinski definition) is 4. The number of carbonyl (C=O) groups is 2. The predicted molar refractivity (Wildman–Crippen MR) is 118 cm³/mol. The normalized spacial score (nSPS) is 17.2. The van der Waals surface area contributed by atoms with Gasteiger partial charge in [-0.15, -0.1) is 0 Å². The number of rotatable bonds is 3. The largest absolute Gasteiger partial charge is 0.443 e. The molecule has 0 bridgehead atoms. The molecule has 160 valence electrons. The van der Waals surface area contributed by atoms with Gasteiger partial charge in [0.15, 0.2) is 0 Å². The molecule has 2 heterocycles. The van der Waals surface area contributed by atoms with Crippen LogP contribution in [0.2, 0.25) is 0 Å². The van der Waals surface area contributed by atoms with Crippen LogP contribution in [0.1, 0.15) is 61.5 Å². The van der Waals surface area contributed by atoms with Crippen LogP contribution in [0, 0.1) is 0 Å². The summed E-state index contributed by atoms with van der Waals surface area (Å²) >= 11 is 3.73. The lowest BCUT2D eigenvalue weighted by atomic mass is 9.62. The number of anilines is 1. The molecular formula is C22H27BrN4O3. The molecule has 1 aromatic carbocycles. The van der Waals surface area contributed by atoms with Gasteiger partial charge < -0.3 is 14.6 Å². The lowest BCUT2D eigenvalue weighted by molar-refractivity contribution is 0.0586. The van der Waals surface area contributed by atoms with E-state index < -0.39 is 11.7 Å². The van der Waals surface area contributed by atoms with Crippen molar-refractivity contribution in [3.63, 3.8) is 0 Å². The Morgan fingerprint density at radius 3 is 2.73 bits per heavy atom. The number of nitrogens with one attached hydrogen (secondary N) is 1. The number of hydrogen-bond donors (Lipinski definition) is 1. The highest BCUT2D eigenvalue weighted by atomic mass is 79.9. The Morgan fingerprint density at radius 2 is 2.10 bits per heavy atom. The average molecular weight is 475 g/mol. The molecule has 1 aliphatic carbocycles. The predicted octanol–water partition coefficient (Wildman–Crippen LogP) is 4.23. The van der Waals surface area contributed by atoms with Crippen molar-refractivity contribution in [3.8, 4) is 0 Å². The topological polar surface area (TPSA) is 76.5 Å². The molecule has 1 saturated carbocycles. The third kappa shape index (κ3) is 3.73. The highest BCUT2D eigenvalue weighted by Gasteiger charge is 2.45. The first-order valence-corrected chi connectivity index (χ1v) is 11.0. The molecule has 0 atom stereocenters. The number of nitrogens with zero attached hydrogens (tertiary/aromatic N) is 3. The molecule has 1 fully saturated rings. The molecule has 0 radical (unpaired) electrons. The van der Waals surface area contributed by atoms with Crippen molar-refractivity contribution in [1.82, 2.24) is 14.9 Å². The van der Waals surface area contributed by atoms with Crippen LogP contribution in [0.3, 0.4) is 0 Å². The van der Waals surface area contributed by atoms with Crippen molar-refractivity contribution in [1.29, 1.82) is 0 Å². The maximum Gasteiger partial charge on any atom is 0.416 e. The minimum atomic E-state index is -0.586.